The number of likely N-dealkylation sites (tertiary alicyclic amines) is 3. The van der Waals surface area contributed by atoms with Crippen molar-refractivity contribution in [3.8, 4) is 0 Å². The molecule has 6 rings (SSSR count). The third-order valence-electron chi connectivity index (χ3n) is 12.0. The first-order valence-electron chi connectivity index (χ1n) is 20.6. The van der Waals surface area contributed by atoms with Crippen molar-refractivity contribution in [2.75, 3.05) is 31.6 Å². The summed E-state index contributed by atoms with van der Waals surface area (Å²) in [5, 5.41) is 21.4. The molecule has 58 heavy (non-hydrogen) atoms. The van der Waals surface area contributed by atoms with Gasteiger partial charge < -0.3 is 41.1 Å². The second-order valence-electron chi connectivity index (χ2n) is 16.5. The highest BCUT2D eigenvalue weighted by atomic mass is 16.3. The lowest BCUT2D eigenvalue weighted by Gasteiger charge is -2.39. The fraction of sp³-hybridized carbons (Fsp3) is 0.558. The van der Waals surface area contributed by atoms with E-state index < -0.39 is 72.0 Å². The maximum Gasteiger partial charge on any atom is 0.319 e. The molecule has 0 aromatic heterocycles. The molecule has 0 unspecified atom stereocenters. The Morgan fingerprint density at radius 2 is 1.57 bits per heavy atom. The molecule has 3 heterocycles. The van der Waals surface area contributed by atoms with Crippen LogP contribution < -0.4 is 21.3 Å². The molecule has 3 aliphatic heterocycles. The number of rotatable bonds is 13. The van der Waals surface area contributed by atoms with Gasteiger partial charge in [0.15, 0.2) is 5.78 Å². The van der Waals surface area contributed by atoms with Gasteiger partial charge in [-0.25, -0.2) is 4.79 Å². The van der Waals surface area contributed by atoms with E-state index in [4.69, 9.17) is 0 Å². The number of piperidine rings is 1. The van der Waals surface area contributed by atoms with Crippen LogP contribution >= 0.6 is 0 Å². The number of aliphatic hydroxyl groups excluding tert-OH is 1. The van der Waals surface area contributed by atoms with Crippen LogP contribution in [0.3, 0.4) is 0 Å². The Morgan fingerprint density at radius 1 is 0.862 bits per heavy atom. The summed E-state index contributed by atoms with van der Waals surface area (Å²) in [5.74, 6) is -2.32. The number of nitrogens with zero attached hydrogens (tertiary/aromatic N) is 3. The zero-order valence-electron chi connectivity index (χ0n) is 33.9. The van der Waals surface area contributed by atoms with E-state index in [1.165, 1.54) is 9.80 Å². The first kappa shape index (κ1) is 42.3. The van der Waals surface area contributed by atoms with Crippen LogP contribution in [0, 0.1) is 12.8 Å². The minimum Gasteiger partial charge on any atom is -0.394 e. The molecular weight excluding hydrogens is 743 g/mol. The average molecular weight is 800 g/mol. The number of carbonyl (C=O) groups excluding carboxylic acids is 7. The Bertz CT molecular complexity index is 1900. The third kappa shape index (κ3) is 9.35. The Balaban J connectivity index is 1.11. The Kier molecular flexibility index (Phi) is 13.2. The highest BCUT2D eigenvalue weighted by Gasteiger charge is 2.63. The standard InChI is InChI=1S/C43H57N7O8/c1-5-29-14-16-31(17-15-29)45-42(58)47-32(21-30-11-8-10-26(2)20-30)37(53)46-33(25-51)40(56)49-19-9-13-35(49)41(57)48-18-7-6-12-34(48)38(54)44-28(4)39(55)50-24-27(3)22-43(50)23-36(43)52/h8,10-11,14-17,20,27-28,32-35,51H,5-7,9,12-13,18-19,21-25H2,1-4H3,(H,44,54)(H,46,53)(H2,45,47,58)/t27-,28+,32+,33+,34+,35+,43+/m1/s1. The average Bonchev–Trinajstić information content (AvgIpc) is 3.48. The van der Waals surface area contributed by atoms with Crippen molar-refractivity contribution in [2.24, 2.45) is 5.92 Å². The quantitative estimate of drug-likeness (QED) is 0.203. The van der Waals surface area contributed by atoms with E-state index >= 15 is 0 Å². The van der Waals surface area contributed by atoms with E-state index in [0.717, 1.165) is 23.1 Å². The summed E-state index contributed by atoms with van der Waals surface area (Å²) < 4.78 is 0. The van der Waals surface area contributed by atoms with Gasteiger partial charge in [0.1, 0.15) is 35.7 Å². The summed E-state index contributed by atoms with van der Waals surface area (Å²) >= 11 is 0. The Labute approximate surface area is 339 Å². The maximum absolute atomic E-state index is 14.2. The minimum absolute atomic E-state index is 0.0433. The number of hydrogen-bond donors (Lipinski definition) is 5. The number of nitrogens with one attached hydrogen (secondary N) is 4. The summed E-state index contributed by atoms with van der Waals surface area (Å²) in [7, 11) is 0. The van der Waals surface area contributed by atoms with E-state index in [2.05, 4.69) is 21.3 Å². The molecule has 0 bridgehead atoms. The molecular formula is C43H57N7O8. The summed E-state index contributed by atoms with van der Waals surface area (Å²) in [6, 6.07) is 8.97. The van der Waals surface area contributed by atoms with Gasteiger partial charge in [0.2, 0.25) is 29.5 Å². The first-order valence-corrected chi connectivity index (χ1v) is 20.6. The van der Waals surface area contributed by atoms with Gasteiger partial charge in [-0.15, -0.1) is 0 Å². The van der Waals surface area contributed by atoms with Gasteiger partial charge in [0.05, 0.1) is 6.61 Å². The van der Waals surface area contributed by atoms with Gasteiger partial charge in [-0.2, -0.15) is 0 Å². The summed E-state index contributed by atoms with van der Waals surface area (Å²) in [6.45, 7) is 7.73. The zero-order chi connectivity index (χ0) is 41.7. The number of hydrogen-bond acceptors (Lipinski definition) is 8. The summed E-state index contributed by atoms with van der Waals surface area (Å²) in [6.07, 6.45) is 4.45. The number of urea groups is 1. The molecule has 2 aromatic carbocycles. The number of benzene rings is 2. The van der Waals surface area contributed by atoms with Crippen LogP contribution in [0.5, 0.6) is 0 Å². The normalized spacial score (nSPS) is 24.2. The van der Waals surface area contributed by atoms with Crippen molar-refractivity contribution in [3.63, 3.8) is 0 Å². The van der Waals surface area contributed by atoms with Gasteiger partial charge in [0.25, 0.3) is 0 Å². The van der Waals surface area contributed by atoms with Gasteiger partial charge in [0, 0.05) is 38.2 Å². The van der Waals surface area contributed by atoms with Crippen molar-refractivity contribution < 1.29 is 38.7 Å². The molecule has 3 saturated heterocycles. The summed E-state index contributed by atoms with van der Waals surface area (Å²) in [5.41, 5.74) is 2.62. The predicted molar refractivity (Wildman–Crippen MR) is 215 cm³/mol. The fourth-order valence-electron chi connectivity index (χ4n) is 8.83. The SMILES string of the molecule is CCc1ccc(NC(=O)N[C@@H](Cc2cccc(C)c2)C(=O)N[C@@H](CO)C(=O)N2CCC[C@H]2C(=O)N2CCCC[C@H]2C(=O)N[C@@H](C)C(=O)N2C[C@H](C)C[C@@]23CC3=O)cc1. The van der Waals surface area contributed by atoms with Gasteiger partial charge in [-0.1, -0.05) is 55.8 Å². The fourth-order valence-corrected chi connectivity index (χ4v) is 8.83. The van der Waals surface area contributed by atoms with Crippen LogP contribution in [0.1, 0.15) is 82.4 Å². The molecule has 1 saturated carbocycles. The molecule has 312 valence electrons. The van der Waals surface area contributed by atoms with Gasteiger partial charge in [-0.3, -0.25) is 28.8 Å². The monoisotopic (exact) mass is 799 g/mol. The lowest BCUT2D eigenvalue weighted by molar-refractivity contribution is -0.151. The van der Waals surface area contributed by atoms with Crippen molar-refractivity contribution in [2.45, 2.75) is 121 Å². The first-order chi connectivity index (χ1) is 27.7. The van der Waals surface area contributed by atoms with Crippen LogP contribution in [-0.2, 0) is 41.6 Å². The molecule has 7 atom stereocenters. The lowest BCUT2D eigenvalue weighted by Crippen LogP contribution is -2.61. The largest absolute Gasteiger partial charge is 0.394 e. The van der Waals surface area contributed by atoms with Crippen molar-refractivity contribution >= 4 is 47.0 Å². The molecule has 0 radical (unpaired) electrons. The minimum atomic E-state index is -1.41. The van der Waals surface area contributed by atoms with Crippen molar-refractivity contribution in [1.29, 1.82) is 0 Å². The maximum atomic E-state index is 14.2. The molecule has 15 heteroatoms. The van der Waals surface area contributed by atoms with Crippen molar-refractivity contribution in [1.82, 2.24) is 30.7 Å². The summed E-state index contributed by atoms with van der Waals surface area (Å²) in [4.78, 5) is 99.3. The van der Waals surface area contributed by atoms with Crippen LogP contribution in [0.2, 0.25) is 0 Å². The van der Waals surface area contributed by atoms with E-state index in [1.807, 2.05) is 57.2 Å². The number of anilines is 1. The highest BCUT2D eigenvalue weighted by Crippen LogP contribution is 2.48. The molecule has 7 amide bonds. The van der Waals surface area contributed by atoms with E-state index in [-0.39, 0.29) is 37.1 Å². The lowest BCUT2D eigenvalue weighted by atomic mass is 9.99. The number of amides is 7. The van der Waals surface area contributed by atoms with E-state index in [1.54, 1.807) is 24.0 Å². The number of Topliss-reactive ketones (excluding diaryl/α,β-unsaturated/α-hetero) is 1. The van der Waals surface area contributed by atoms with E-state index in [0.29, 0.717) is 57.2 Å². The van der Waals surface area contributed by atoms with Gasteiger partial charge in [-0.05, 0) is 88.0 Å². The second kappa shape index (κ2) is 18.1. The van der Waals surface area contributed by atoms with Gasteiger partial charge >= 0.3 is 6.03 Å². The third-order valence-corrected chi connectivity index (χ3v) is 12.0. The Hall–Kier alpha value is -5.31. The zero-order valence-corrected chi connectivity index (χ0v) is 33.9. The molecule has 1 aliphatic carbocycles. The molecule has 15 nitrogen and oxygen atoms in total. The van der Waals surface area contributed by atoms with E-state index in [9.17, 15) is 38.7 Å². The van der Waals surface area contributed by atoms with Crippen LogP contribution in [0.15, 0.2) is 48.5 Å². The van der Waals surface area contributed by atoms with Crippen LogP contribution in [0.25, 0.3) is 0 Å². The Morgan fingerprint density at radius 3 is 2.24 bits per heavy atom. The molecule has 1 spiro atoms. The molecule has 5 N–H and O–H groups in total. The number of carbonyl (C=O) groups is 7. The number of aryl methyl sites for hydroxylation is 2. The number of ketones is 1. The molecule has 2 aromatic rings. The topological polar surface area (TPSA) is 198 Å². The van der Waals surface area contributed by atoms with Crippen LogP contribution in [0.4, 0.5) is 10.5 Å². The second-order valence-corrected chi connectivity index (χ2v) is 16.5. The number of aliphatic hydroxyl groups is 1. The molecule has 4 aliphatic rings. The van der Waals surface area contributed by atoms with Crippen molar-refractivity contribution in [3.05, 3.63) is 65.2 Å². The smallest absolute Gasteiger partial charge is 0.319 e. The van der Waals surface area contributed by atoms with Crippen LogP contribution in [-0.4, -0.2) is 123 Å². The molecule has 4 fully saturated rings. The predicted octanol–water partition coefficient (Wildman–Crippen LogP) is 2.22. The highest BCUT2D eigenvalue weighted by molar-refractivity contribution is 6.09.